The monoisotopic (exact) mass is 307 g/mol. The Balaban J connectivity index is 1.69. The number of hydrogen-bond acceptors (Lipinski definition) is 4. The lowest BCUT2D eigenvalue weighted by atomic mass is 10.3. The molecule has 2 amide bonds. The first-order chi connectivity index (χ1) is 10.5. The number of benzene rings is 1. The second-order valence-corrected chi connectivity index (χ2v) is 4.88. The number of amides is 2. The number of aromatic nitrogens is 1. The van der Waals surface area contributed by atoms with Gasteiger partial charge < -0.3 is 19.9 Å². The molecule has 1 aromatic heterocycles. The van der Waals surface area contributed by atoms with Gasteiger partial charge in [0.25, 0.3) is 0 Å². The molecule has 1 aromatic carbocycles. The van der Waals surface area contributed by atoms with Crippen molar-refractivity contribution in [2.24, 2.45) is 0 Å². The molecule has 1 atom stereocenters. The molecular weight excluding hydrogens is 289 g/mol. The molecule has 22 heavy (non-hydrogen) atoms. The van der Waals surface area contributed by atoms with Crippen molar-refractivity contribution in [3.63, 3.8) is 0 Å². The predicted molar refractivity (Wildman–Crippen MR) is 78.0 cm³/mol. The Kier molecular flexibility index (Phi) is 5.35. The highest BCUT2D eigenvalue weighted by Gasteiger charge is 2.08. The van der Waals surface area contributed by atoms with Gasteiger partial charge in [-0.15, -0.1) is 0 Å². The molecule has 0 aliphatic rings. The molecule has 1 heterocycles. The van der Waals surface area contributed by atoms with Crippen LogP contribution in [-0.4, -0.2) is 23.8 Å². The van der Waals surface area contributed by atoms with Crippen LogP contribution in [0, 0.1) is 12.7 Å². The molecule has 118 valence electrons. The van der Waals surface area contributed by atoms with E-state index < -0.39 is 0 Å². The van der Waals surface area contributed by atoms with Crippen LogP contribution in [0.3, 0.4) is 0 Å². The Morgan fingerprint density at radius 1 is 1.41 bits per heavy atom. The van der Waals surface area contributed by atoms with Gasteiger partial charge in [0.15, 0.2) is 0 Å². The lowest BCUT2D eigenvalue weighted by molar-refractivity contribution is 0.207. The van der Waals surface area contributed by atoms with Crippen LogP contribution in [0.4, 0.5) is 9.18 Å². The van der Waals surface area contributed by atoms with Crippen molar-refractivity contribution in [2.45, 2.75) is 26.5 Å². The summed E-state index contributed by atoms with van der Waals surface area (Å²) in [7, 11) is 0. The molecular formula is C15H18FN3O3. The molecule has 0 fully saturated rings. The van der Waals surface area contributed by atoms with Gasteiger partial charge in [-0.25, -0.2) is 9.18 Å². The van der Waals surface area contributed by atoms with Gasteiger partial charge in [-0.05, 0) is 26.0 Å². The highest BCUT2D eigenvalue weighted by molar-refractivity contribution is 5.73. The van der Waals surface area contributed by atoms with E-state index in [1.54, 1.807) is 32.0 Å². The molecule has 0 aliphatic heterocycles. The van der Waals surface area contributed by atoms with Crippen LogP contribution in [0.1, 0.15) is 18.4 Å². The molecule has 0 bridgehead atoms. The fraction of sp³-hybridized carbons (Fsp3) is 0.333. The Labute approximate surface area is 127 Å². The second kappa shape index (κ2) is 7.44. The van der Waals surface area contributed by atoms with Crippen molar-refractivity contribution in [3.05, 3.63) is 47.6 Å². The smallest absolute Gasteiger partial charge is 0.315 e. The van der Waals surface area contributed by atoms with Crippen molar-refractivity contribution in [1.29, 1.82) is 0 Å². The third-order valence-corrected chi connectivity index (χ3v) is 2.79. The van der Waals surface area contributed by atoms with Gasteiger partial charge in [0.2, 0.25) is 0 Å². The third-order valence-electron chi connectivity index (χ3n) is 2.79. The van der Waals surface area contributed by atoms with Gasteiger partial charge in [-0.2, -0.15) is 0 Å². The quantitative estimate of drug-likeness (QED) is 0.859. The first-order valence-corrected chi connectivity index (χ1v) is 6.89. The summed E-state index contributed by atoms with van der Waals surface area (Å²) in [5.41, 5.74) is 0.650. The fourth-order valence-electron chi connectivity index (χ4n) is 1.79. The van der Waals surface area contributed by atoms with Crippen molar-refractivity contribution >= 4 is 6.03 Å². The maximum Gasteiger partial charge on any atom is 0.315 e. The third kappa shape index (κ3) is 5.08. The summed E-state index contributed by atoms with van der Waals surface area (Å²) in [5, 5.41) is 9.09. The van der Waals surface area contributed by atoms with Crippen LogP contribution in [0.5, 0.6) is 5.75 Å². The number of hydrogen-bond donors (Lipinski definition) is 2. The number of carbonyl (C=O) groups is 1. The van der Waals surface area contributed by atoms with Crippen molar-refractivity contribution in [3.8, 4) is 5.75 Å². The highest BCUT2D eigenvalue weighted by atomic mass is 19.1. The van der Waals surface area contributed by atoms with Gasteiger partial charge in [0.1, 0.15) is 29.1 Å². The minimum absolute atomic E-state index is 0.280. The van der Waals surface area contributed by atoms with Crippen molar-refractivity contribution < 1.29 is 18.4 Å². The zero-order valence-corrected chi connectivity index (χ0v) is 12.4. The molecule has 0 saturated heterocycles. The molecule has 2 rings (SSSR count). The van der Waals surface area contributed by atoms with Crippen molar-refractivity contribution in [2.75, 3.05) is 6.54 Å². The number of nitrogens with zero attached hydrogens (tertiary/aromatic N) is 1. The molecule has 0 aliphatic carbocycles. The summed E-state index contributed by atoms with van der Waals surface area (Å²) in [4.78, 5) is 11.6. The highest BCUT2D eigenvalue weighted by Crippen LogP contribution is 2.13. The molecule has 0 spiro atoms. The van der Waals surface area contributed by atoms with Crippen LogP contribution < -0.4 is 15.4 Å². The number of ether oxygens (including phenoxy) is 1. The molecule has 7 heteroatoms. The molecule has 2 aromatic rings. The number of urea groups is 1. The average Bonchev–Trinajstić information content (AvgIpc) is 2.89. The lowest BCUT2D eigenvalue weighted by Gasteiger charge is -2.15. The van der Waals surface area contributed by atoms with E-state index in [0.29, 0.717) is 23.7 Å². The van der Waals surface area contributed by atoms with Gasteiger partial charge in [0, 0.05) is 12.1 Å². The predicted octanol–water partition coefficient (Wildman–Crippen LogP) is 2.39. The summed E-state index contributed by atoms with van der Waals surface area (Å²) in [6.07, 6.45) is -0.290. The SMILES string of the molecule is Cc1cc(CNC(=O)NCC(C)Oc2cccc(F)c2)no1. The van der Waals surface area contributed by atoms with E-state index in [0.717, 1.165) is 0 Å². The summed E-state index contributed by atoms with van der Waals surface area (Å²) >= 11 is 0. The number of rotatable bonds is 6. The largest absolute Gasteiger partial charge is 0.489 e. The molecule has 6 nitrogen and oxygen atoms in total. The first kappa shape index (κ1) is 15.8. The van der Waals surface area contributed by atoms with E-state index in [1.165, 1.54) is 12.1 Å². The van der Waals surface area contributed by atoms with Gasteiger partial charge in [-0.1, -0.05) is 11.2 Å². The van der Waals surface area contributed by atoms with Gasteiger partial charge in [0.05, 0.1) is 13.1 Å². The van der Waals surface area contributed by atoms with Crippen LogP contribution in [0.25, 0.3) is 0 Å². The van der Waals surface area contributed by atoms with Crippen molar-refractivity contribution in [1.82, 2.24) is 15.8 Å². The first-order valence-electron chi connectivity index (χ1n) is 6.89. The van der Waals surface area contributed by atoms with Crippen LogP contribution in [-0.2, 0) is 6.54 Å². The topological polar surface area (TPSA) is 76.4 Å². The zero-order chi connectivity index (χ0) is 15.9. The Morgan fingerprint density at radius 3 is 2.91 bits per heavy atom. The summed E-state index contributed by atoms with van der Waals surface area (Å²) in [5.74, 6) is 0.750. The Morgan fingerprint density at radius 2 is 2.23 bits per heavy atom. The Bertz CT molecular complexity index is 630. The van der Waals surface area contributed by atoms with E-state index in [4.69, 9.17) is 9.26 Å². The van der Waals surface area contributed by atoms with E-state index in [1.807, 2.05) is 0 Å². The van der Waals surface area contributed by atoms with Crippen LogP contribution in [0.15, 0.2) is 34.9 Å². The number of nitrogens with one attached hydrogen (secondary N) is 2. The maximum atomic E-state index is 13.0. The molecule has 2 N–H and O–H groups in total. The second-order valence-electron chi connectivity index (χ2n) is 4.88. The molecule has 1 unspecified atom stereocenters. The van der Waals surface area contributed by atoms with Crippen LogP contribution in [0.2, 0.25) is 0 Å². The maximum absolute atomic E-state index is 13.0. The normalized spacial score (nSPS) is 11.8. The number of aryl methyl sites for hydroxylation is 1. The van der Waals surface area contributed by atoms with Gasteiger partial charge in [-0.3, -0.25) is 0 Å². The Hall–Kier alpha value is -2.57. The van der Waals surface area contributed by atoms with Gasteiger partial charge >= 0.3 is 6.03 Å². The minimum atomic E-state index is -0.363. The minimum Gasteiger partial charge on any atom is -0.489 e. The van der Waals surface area contributed by atoms with E-state index >= 15 is 0 Å². The molecule has 0 radical (unpaired) electrons. The number of halogens is 1. The summed E-state index contributed by atoms with van der Waals surface area (Å²) in [6.45, 7) is 4.14. The zero-order valence-electron chi connectivity index (χ0n) is 12.4. The average molecular weight is 307 g/mol. The van der Waals surface area contributed by atoms with Crippen LogP contribution >= 0.6 is 0 Å². The summed E-state index contributed by atoms with van der Waals surface area (Å²) in [6, 6.07) is 7.27. The summed E-state index contributed by atoms with van der Waals surface area (Å²) < 4.78 is 23.4. The standard InChI is InChI=1S/C15H18FN3O3/c1-10-6-13(19-22-10)9-18-15(20)17-8-11(2)21-14-5-3-4-12(16)7-14/h3-7,11H,8-9H2,1-2H3,(H2,17,18,20). The van der Waals surface area contributed by atoms with E-state index in [9.17, 15) is 9.18 Å². The number of carbonyl (C=O) groups excluding carboxylic acids is 1. The molecule has 0 saturated carbocycles. The van der Waals surface area contributed by atoms with E-state index in [-0.39, 0.29) is 24.5 Å². The van der Waals surface area contributed by atoms with E-state index in [2.05, 4.69) is 15.8 Å². The lowest BCUT2D eigenvalue weighted by Crippen LogP contribution is -2.40. The fourth-order valence-corrected chi connectivity index (χ4v) is 1.79.